The number of anilines is 1. The Hall–Kier alpha value is -1.90. The molecule has 0 radical (unpaired) electrons. The fourth-order valence-corrected chi connectivity index (χ4v) is 1.86. The normalized spacial score (nSPS) is 10.8. The summed E-state index contributed by atoms with van der Waals surface area (Å²) in [6, 6.07) is 12.1. The zero-order chi connectivity index (χ0) is 13.8. The number of benzene rings is 2. The van der Waals surface area contributed by atoms with Crippen LogP contribution in [0.5, 0.6) is 0 Å². The van der Waals surface area contributed by atoms with Crippen LogP contribution in [-0.4, -0.2) is 0 Å². The fourth-order valence-electron chi connectivity index (χ4n) is 1.86. The molecule has 0 spiro atoms. The van der Waals surface area contributed by atoms with Gasteiger partial charge in [0, 0.05) is 12.2 Å². The Balaban J connectivity index is 2.05. The molecule has 0 saturated carbocycles. The number of rotatable bonds is 4. The summed E-state index contributed by atoms with van der Waals surface area (Å²) in [4.78, 5) is 0. The van der Waals surface area contributed by atoms with E-state index < -0.39 is 11.6 Å². The van der Waals surface area contributed by atoms with Gasteiger partial charge in [0.1, 0.15) is 0 Å². The first-order chi connectivity index (χ1) is 9.06. The minimum atomic E-state index is -0.814. The molecule has 0 saturated heterocycles. The largest absolute Gasteiger partial charge is 0.381 e. The van der Waals surface area contributed by atoms with Gasteiger partial charge in [-0.15, -0.1) is 0 Å². The lowest BCUT2D eigenvalue weighted by Crippen LogP contribution is -2.01. The summed E-state index contributed by atoms with van der Waals surface area (Å²) in [5.41, 5.74) is 2.94. The molecule has 0 heterocycles. The molecule has 100 valence electrons. The molecule has 0 amide bonds. The van der Waals surface area contributed by atoms with Crippen molar-refractivity contribution in [3.8, 4) is 0 Å². The first-order valence-corrected chi connectivity index (χ1v) is 6.34. The standard InChI is InChI=1S/C16H17F2N/c1-11(2)13-4-3-5-14(9-13)19-10-12-6-7-15(17)16(18)8-12/h3-9,11,19H,10H2,1-2H3. The minimum absolute atomic E-state index is 0.463. The van der Waals surface area contributed by atoms with E-state index in [1.165, 1.54) is 11.6 Å². The average molecular weight is 261 g/mol. The predicted molar refractivity (Wildman–Crippen MR) is 74.2 cm³/mol. The molecule has 2 aromatic rings. The second-order valence-corrected chi connectivity index (χ2v) is 4.88. The van der Waals surface area contributed by atoms with Crippen molar-refractivity contribution in [1.82, 2.24) is 0 Å². The number of hydrogen-bond acceptors (Lipinski definition) is 1. The van der Waals surface area contributed by atoms with Crippen molar-refractivity contribution in [2.75, 3.05) is 5.32 Å². The van der Waals surface area contributed by atoms with Crippen molar-refractivity contribution in [2.45, 2.75) is 26.3 Å². The molecule has 0 bridgehead atoms. The maximum atomic E-state index is 13.1. The number of halogens is 2. The van der Waals surface area contributed by atoms with Crippen LogP contribution in [-0.2, 0) is 6.54 Å². The van der Waals surface area contributed by atoms with Gasteiger partial charge in [0.15, 0.2) is 11.6 Å². The van der Waals surface area contributed by atoms with Gasteiger partial charge in [-0.1, -0.05) is 32.0 Å². The Morgan fingerprint density at radius 1 is 1.00 bits per heavy atom. The molecule has 0 aliphatic rings. The quantitative estimate of drug-likeness (QED) is 0.841. The highest BCUT2D eigenvalue weighted by Gasteiger charge is 2.03. The van der Waals surface area contributed by atoms with Gasteiger partial charge in [-0.2, -0.15) is 0 Å². The van der Waals surface area contributed by atoms with Crippen molar-refractivity contribution >= 4 is 5.69 Å². The highest BCUT2D eigenvalue weighted by molar-refractivity contribution is 5.47. The summed E-state index contributed by atoms with van der Waals surface area (Å²) in [5.74, 6) is -1.16. The highest BCUT2D eigenvalue weighted by Crippen LogP contribution is 2.19. The van der Waals surface area contributed by atoms with E-state index in [0.717, 1.165) is 11.8 Å². The molecular formula is C16H17F2N. The third-order valence-electron chi connectivity index (χ3n) is 3.03. The van der Waals surface area contributed by atoms with Crippen LogP contribution in [0.4, 0.5) is 14.5 Å². The second-order valence-electron chi connectivity index (χ2n) is 4.88. The van der Waals surface area contributed by atoms with E-state index in [-0.39, 0.29) is 0 Å². The van der Waals surface area contributed by atoms with E-state index in [0.29, 0.717) is 18.0 Å². The van der Waals surface area contributed by atoms with Crippen LogP contribution in [0.2, 0.25) is 0 Å². The van der Waals surface area contributed by atoms with Crippen LogP contribution in [0.1, 0.15) is 30.9 Å². The Morgan fingerprint density at radius 3 is 2.47 bits per heavy atom. The summed E-state index contributed by atoms with van der Waals surface area (Å²) in [7, 11) is 0. The van der Waals surface area contributed by atoms with E-state index in [4.69, 9.17) is 0 Å². The maximum Gasteiger partial charge on any atom is 0.159 e. The highest BCUT2D eigenvalue weighted by atomic mass is 19.2. The van der Waals surface area contributed by atoms with E-state index in [1.54, 1.807) is 6.07 Å². The molecule has 0 unspecified atom stereocenters. The van der Waals surface area contributed by atoms with Gasteiger partial charge in [0.2, 0.25) is 0 Å². The van der Waals surface area contributed by atoms with E-state index in [2.05, 4.69) is 31.3 Å². The van der Waals surface area contributed by atoms with Crippen LogP contribution in [0.3, 0.4) is 0 Å². The predicted octanol–water partition coefficient (Wildman–Crippen LogP) is 4.70. The molecule has 0 atom stereocenters. The van der Waals surface area contributed by atoms with Gasteiger partial charge < -0.3 is 5.32 Å². The van der Waals surface area contributed by atoms with Crippen molar-refractivity contribution in [1.29, 1.82) is 0 Å². The lowest BCUT2D eigenvalue weighted by molar-refractivity contribution is 0.507. The molecule has 1 N–H and O–H groups in total. The van der Waals surface area contributed by atoms with Crippen LogP contribution >= 0.6 is 0 Å². The SMILES string of the molecule is CC(C)c1cccc(NCc2ccc(F)c(F)c2)c1. The average Bonchev–Trinajstić information content (AvgIpc) is 2.40. The topological polar surface area (TPSA) is 12.0 Å². The van der Waals surface area contributed by atoms with Gasteiger partial charge in [0.25, 0.3) is 0 Å². The lowest BCUT2D eigenvalue weighted by Gasteiger charge is -2.10. The van der Waals surface area contributed by atoms with Gasteiger partial charge in [-0.05, 0) is 41.3 Å². The van der Waals surface area contributed by atoms with Gasteiger partial charge in [0.05, 0.1) is 0 Å². The summed E-state index contributed by atoms with van der Waals surface area (Å²) < 4.78 is 25.9. The monoisotopic (exact) mass is 261 g/mol. The van der Waals surface area contributed by atoms with Gasteiger partial charge >= 0.3 is 0 Å². The smallest absolute Gasteiger partial charge is 0.159 e. The van der Waals surface area contributed by atoms with E-state index >= 15 is 0 Å². The summed E-state index contributed by atoms with van der Waals surface area (Å²) >= 11 is 0. The fraction of sp³-hybridized carbons (Fsp3) is 0.250. The van der Waals surface area contributed by atoms with Gasteiger partial charge in [-0.3, -0.25) is 0 Å². The number of nitrogens with one attached hydrogen (secondary N) is 1. The molecule has 0 aromatic heterocycles. The Bertz CT molecular complexity index is 564. The summed E-state index contributed by atoms with van der Waals surface area (Å²) in [6.45, 7) is 4.74. The van der Waals surface area contributed by atoms with Crippen LogP contribution in [0.25, 0.3) is 0 Å². The summed E-state index contributed by atoms with van der Waals surface area (Å²) in [5, 5.41) is 3.21. The molecule has 0 aliphatic heterocycles. The first-order valence-electron chi connectivity index (χ1n) is 6.34. The van der Waals surface area contributed by atoms with Crippen molar-refractivity contribution in [3.63, 3.8) is 0 Å². The van der Waals surface area contributed by atoms with Crippen molar-refractivity contribution in [2.24, 2.45) is 0 Å². The molecule has 2 rings (SSSR count). The summed E-state index contributed by atoms with van der Waals surface area (Å²) in [6.07, 6.45) is 0. The Morgan fingerprint density at radius 2 is 1.79 bits per heavy atom. The maximum absolute atomic E-state index is 13.1. The zero-order valence-electron chi connectivity index (χ0n) is 11.1. The minimum Gasteiger partial charge on any atom is -0.381 e. The van der Waals surface area contributed by atoms with Crippen LogP contribution < -0.4 is 5.32 Å². The third kappa shape index (κ3) is 3.53. The molecule has 19 heavy (non-hydrogen) atoms. The van der Waals surface area contributed by atoms with Crippen LogP contribution in [0.15, 0.2) is 42.5 Å². The zero-order valence-corrected chi connectivity index (χ0v) is 11.1. The van der Waals surface area contributed by atoms with Crippen LogP contribution in [0, 0.1) is 11.6 Å². The molecule has 0 fully saturated rings. The molecule has 0 aliphatic carbocycles. The van der Waals surface area contributed by atoms with Crippen molar-refractivity contribution in [3.05, 3.63) is 65.2 Å². The molecule has 3 heteroatoms. The molecule has 2 aromatic carbocycles. The Labute approximate surface area is 112 Å². The second kappa shape index (κ2) is 5.83. The van der Waals surface area contributed by atoms with Crippen molar-refractivity contribution < 1.29 is 8.78 Å². The number of hydrogen-bond donors (Lipinski definition) is 1. The first kappa shape index (κ1) is 13.5. The van der Waals surface area contributed by atoms with E-state index in [9.17, 15) is 8.78 Å². The third-order valence-corrected chi connectivity index (χ3v) is 3.03. The Kier molecular flexibility index (Phi) is 4.15. The van der Waals surface area contributed by atoms with E-state index in [1.807, 2.05) is 12.1 Å². The molecule has 1 nitrogen and oxygen atoms in total. The molecular weight excluding hydrogens is 244 g/mol. The lowest BCUT2D eigenvalue weighted by atomic mass is 10.0. The van der Waals surface area contributed by atoms with Gasteiger partial charge in [-0.25, -0.2) is 8.78 Å².